The molecular weight excluding hydrogens is 540 g/mol. The number of amides is 2. The Bertz CT molecular complexity index is 1100. The van der Waals surface area contributed by atoms with Crippen LogP contribution in [0, 0.1) is 28.6 Å². The largest absolute Gasteiger partial charge is 0.504 e. The van der Waals surface area contributed by atoms with Crippen LogP contribution >= 0.6 is 11.8 Å². The van der Waals surface area contributed by atoms with Crippen LogP contribution in [0.4, 0.5) is 0 Å². The maximum Gasteiger partial charge on any atom is 0.307 e. The van der Waals surface area contributed by atoms with E-state index >= 15 is 0 Å². The molecule has 1 aromatic rings. The summed E-state index contributed by atoms with van der Waals surface area (Å²) in [4.78, 5) is 38.7. The van der Waals surface area contributed by atoms with Crippen molar-refractivity contribution in [1.82, 2.24) is 10.2 Å². The quantitative estimate of drug-likeness (QED) is 0.322. The van der Waals surface area contributed by atoms with Gasteiger partial charge in [-0.05, 0) is 78.9 Å². The van der Waals surface area contributed by atoms with Crippen molar-refractivity contribution in [1.29, 1.82) is 0 Å². The average Bonchev–Trinajstić information content (AvgIpc) is 3.31. The van der Waals surface area contributed by atoms with Crippen LogP contribution in [-0.4, -0.2) is 68.6 Å². The summed E-state index contributed by atoms with van der Waals surface area (Å²) in [6, 6.07) is 4.16. The molecule has 0 radical (unpaired) electrons. The van der Waals surface area contributed by atoms with E-state index in [-0.39, 0.29) is 52.4 Å². The lowest BCUT2D eigenvalue weighted by Gasteiger charge is -2.37. The Labute approximate surface area is 248 Å². The van der Waals surface area contributed by atoms with Gasteiger partial charge in [0.25, 0.3) is 0 Å². The molecule has 8 nitrogen and oxygen atoms in total. The third-order valence-electron chi connectivity index (χ3n) is 10.8. The molecule has 41 heavy (non-hydrogen) atoms. The number of nitrogens with zero attached hydrogens (tertiary/aromatic N) is 1. The molecule has 4 N–H and O–H groups in total. The molecule has 1 aliphatic heterocycles. The highest BCUT2D eigenvalue weighted by molar-refractivity contribution is 7.99. The number of nitrogens with one attached hydrogen (secondary N) is 1. The highest BCUT2D eigenvalue weighted by Gasteiger charge is 2.63. The zero-order valence-electron chi connectivity index (χ0n) is 24.9. The van der Waals surface area contributed by atoms with E-state index in [0.717, 1.165) is 68.7 Å². The summed E-state index contributed by atoms with van der Waals surface area (Å²) < 4.78 is 0. The molecule has 5 rings (SSSR count). The van der Waals surface area contributed by atoms with Crippen LogP contribution < -0.4 is 5.32 Å². The maximum atomic E-state index is 13.1. The van der Waals surface area contributed by atoms with E-state index in [9.17, 15) is 24.6 Å². The van der Waals surface area contributed by atoms with Crippen molar-refractivity contribution in [2.24, 2.45) is 28.6 Å². The van der Waals surface area contributed by atoms with Gasteiger partial charge in [-0.2, -0.15) is 11.8 Å². The molecule has 4 atom stereocenters. The van der Waals surface area contributed by atoms with Gasteiger partial charge in [0.15, 0.2) is 11.5 Å². The molecule has 1 aromatic carbocycles. The van der Waals surface area contributed by atoms with Gasteiger partial charge >= 0.3 is 5.97 Å². The number of aromatic hydroxyl groups is 2. The Morgan fingerprint density at radius 2 is 1.71 bits per heavy atom. The third-order valence-corrected chi connectivity index (χ3v) is 11.7. The number of carboxylic acid groups (broad SMARTS) is 1. The Morgan fingerprint density at radius 1 is 1.02 bits per heavy atom. The monoisotopic (exact) mass is 588 g/mol. The van der Waals surface area contributed by atoms with Crippen molar-refractivity contribution >= 4 is 29.5 Å². The van der Waals surface area contributed by atoms with E-state index in [4.69, 9.17) is 5.11 Å². The van der Waals surface area contributed by atoms with E-state index in [1.165, 1.54) is 25.0 Å². The van der Waals surface area contributed by atoms with Crippen molar-refractivity contribution < 1.29 is 29.7 Å². The van der Waals surface area contributed by atoms with Gasteiger partial charge in [-0.1, -0.05) is 46.1 Å². The molecule has 3 aliphatic carbocycles. The highest BCUT2D eigenvalue weighted by Crippen LogP contribution is 2.68. The lowest BCUT2D eigenvalue weighted by Crippen LogP contribution is -2.54. The summed E-state index contributed by atoms with van der Waals surface area (Å²) in [5.74, 6) is 1.68. The predicted molar refractivity (Wildman–Crippen MR) is 161 cm³/mol. The van der Waals surface area contributed by atoms with Crippen molar-refractivity contribution in [2.75, 3.05) is 24.6 Å². The Balaban J connectivity index is 0.000000247. The van der Waals surface area contributed by atoms with Crippen LogP contribution in [0.1, 0.15) is 84.1 Å². The third kappa shape index (κ3) is 6.98. The fourth-order valence-corrected chi connectivity index (χ4v) is 8.54. The molecule has 3 saturated carbocycles. The Hall–Kier alpha value is -2.42. The second-order valence-electron chi connectivity index (χ2n) is 13.2. The minimum atomic E-state index is -0.585. The number of phenols is 2. The van der Waals surface area contributed by atoms with Gasteiger partial charge in [-0.25, -0.2) is 0 Å². The average molecular weight is 589 g/mol. The predicted octanol–water partition coefficient (Wildman–Crippen LogP) is 5.20. The summed E-state index contributed by atoms with van der Waals surface area (Å²) in [5.41, 5.74) is 1.05. The molecule has 0 aromatic heterocycles. The van der Waals surface area contributed by atoms with E-state index in [0.29, 0.717) is 12.3 Å². The van der Waals surface area contributed by atoms with E-state index in [1.807, 2.05) is 16.7 Å². The van der Waals surface area contributed by atoms with Crippen molar-refractivity contribution in [3.63, 3.8) is 0 Å². The maximum absolute atomic E-state index is 13.1. The topological polar surface area (TPSA) is 127 Å². The number of aliphatic carboxylic acids is 1. The van der Waals surface area contributed by atoms with Crippen molar-refractivity contribution in [3.8, 4) is 11.5 Å². The van der Waals surface area contributed by atoms with Crippen LogP contribution in [0.2, 0.25) is 0 Å². The fraction of sp³-hybridized carbons (Fsp3) is 0.719. The smallest absolute Gasteiger partial charge is 0.307 e. The molecule has 0 spiro atoms. The number of benzene rings is 1. The molecule has 1 heterocycles. The first-order valence-electron chi connectivity index (χ1n) is 15.3. The van der Waals surface area contributed by atoms with Crippen molar-refractivity contribution in [3.05, 3.63) is 23.8 Å². The molecule has 4 unspecified atom stereocenters. The number of hydrogen-bond donors (Lipinski definition) is 4. The summed E-state index contributed by atoms with van der Waals surface area (Å²) in [5, 5.41) is 31.2. The molecule has 2 bridgehead atoms. The van der Waals surface area contributed by atoms with Gasteiger partial charge in [-0.15, -0.1) is 0 Å². The lowest BCUT2D eigenvalue weighted by atomic mass is 9.67. The number of aryl methyl sites for hydroxylation is 1. The number of fused-ring (bicyclic) bond motifs is 2. The number of thioether (sulfide) groups is 1. The second-order valence-corrected chi connectivity index (χ2v) is 14.4. The SMILES string of the molecule is CC1(C)C2CCC1(C)C(C(=O)O)C2.O=C(CCc1ccc(O)c(O)c1)NC(C(=O)N1CCSCC1)C1CCCCC1. The standard InChI is InChI=1S/C21H30N2O4S.C11H18O2/c24-17-8-6-15(14-18(17)25)7-9-19(26)22-20(16-4-2-1-3-5-16)21(27)23-10-12-28-13-11-23;1-10(2)7-4-5-11(10,3)8(6-7)9(12)13/h6,8,14,16,20,24-25H,1-5,7,9-13H2,(H,22,26);7-8H,4-6H2,1-3H3,(H,12,13). The molecule has 228 valence electrons. The minimum absolute atomic E-state index is 0.0451. The van der Waals surface area contributed by atoms with E-state index < -0.39 is 12.0 Å². The molecule has 4 fully saturated rings. The van der Waals surface area contributed by atoms with Crippen LogP contribution in [0.25, 0.3) is 0 Å². The lowest BCUT2D eigenvalue weighted by molar-refractivity contribution is -0.147. The van der Waals surface area contributed by atoms with Crippen LogP contribution in [0.15, 0.2) is 18.2 Å². The number of carbonyl (C=O) groups is 3. The normalized spacial score (nSPS) is 27.9. The molecule has 1 saturated heterocycles. The van der Waals surface area contributed by atoms with Gasteiger partial charge in [-0.3, -0.25) is 14.4 Å². The van der Waals surface area contributed by atoms with Gasteiger partial charge in [0.1, 0.15) is 6.04 Å². The first kappa shape index (κ1) is 31.5. The zero-order valence-corrected chi connectivity index (χ0v) is 25.7. The van der Waals surface area contributed by atoms with E-state index in [2.05, 4.69) is 26.1 Å². The Morgan fingerprint density at radius 3 is 2.24 bits per heavy atom. The number of rotatable bonds is 7. The fourth-order valence-electron chi connectivity index (χ4n) is 7.63. The van der Waals surface area contributed by atoms with Crippen molar-refractivity contribution in [2.45, 2.75) is 91.0 Å². The molecule has 9 heteroatoms. The van der Waals surface area contributed by atoms with Gasteiger partial charge in [0, 0.05) is 31.0 Å². The minimum Gasteiger partial charge on any atom is -0.504 e. The summed E-state index contributed by atoms with van der Waals surface area (Å²) >= 11 is 1.87. The van der Waals surface area contributed by atoms with Crippen LogP contribution in [-0.2, 0) is 20.8 Å². The summed E-state index contributed by atoms with van der Waals surface area (Å²) in [7, 11) is 0. The number of phenolic OH excluding ortho intramolecular Hbond substituents is 2. The van der Waals surface area contributed by atoms with Crippen LogP contribution in [0.3, 0.4) is 0 Å². The molecule has 4 aliphatic rings. The Kier molecular flexibility index (Phi) is 10.2. The molecular formula is C32H48N2O6S. The van der Waals surface area contributed by atoms with Gasteiger partial charge in [0.05, 0.1) is 5.92 Å². The van der Waals surface area contributed by atoms with Crippen LogP contribution in [0.5, 0.6) is 11.5 Å². The summed E-state index contributed by atoms with van der Waals surface area (Å²) in [6.07, 6.45) is 9.35. The molecule has 2 amide bonds. The zero-order chi connectivity index (χ0) is 29.8. The van der Waals surface area contributed by atoms with E-state index in [1.54, 1.807) is 6.07 Å². The van der Waals surface area contributed by atoms with Gasteiger partial charge in [0.2, 0.25) is 11.8 Å². The second kappa shape index (κ2) is 13.3. The summed E-state index contributed by atoms with van der Waals surface area (Å²) in [6.45, 7) is 8.17. The number of carbonyl (C=O) groups excluding carboxylic acids is 2. The first-order valence-corrected chi connectivity index (χ1v) is 16.5. The van der Waals surface area contributed by atoms with Gasteiger partial charge < -0.3 is 25.5 Å². The first-order chi connectivity index (χ1) is 19.4. The highest BCUT2D eigenvalue weighted by atomic mass is 32.2. The number of hydrogen-bond acceptors (Lipinski definition) is 6. The number of carboxylic acids is 1.